The van der Waals surface area contributed by atoms with Gasteiger partial charge in [-0.15, -0.1) is 11.3 Å². The molecular formula is C26H42S. The topological polar surface area (TPSA) is 0 Å². The van der Waals surface area contributed by atoms with Gasteiger partial charge in [0.05, 0.1) is 0 Å². The summed E-state index contributed by atoms with van der Waals surface area (Å²) in [6, 6.07) is 8.84. The zero-order valence-electron chi connectivity index (χ0n) is 17.8. The standard InChI is InChI=1S/C26H42S/c1-2-3-4-5-6-7-8-9-10-11-12-13-14-15-16-17-22-26-25-21-19-18-20-24(25)23-27-26/h18-21,23H,2-17,22H2,1H3. The van der Waals surface area contributed by atoms with Crippen LogP contribution in [0.2, 0.25) is 0 Å². The minimum Gasteiger partial charge on any atom is -0.148 e. The van der Waals surface area contributed by atoms with E-state index in [4.69, 9.17) is 0 Å². The molecule has 1 heterocycles. The van der Waals surface area contributed by atoms with E-state index in [0.717, 1.165) is 0 Å². The summed E-state index contributed by atoms with van der Waals surface area (Å²) in [5.74, 6) is 0. The van der Waals surface area contributed by atoms with Crippen LogP contribution in [0.15, 0.2) is 29.6 Å². The van der Waals surface area contributed by atoms with E-state index in [1.807, 2.05) is 11.3 Å². The molecule has 0 fully saturated rings. The maximum Gasteiger partial charge on any atom is 0.0124 e. The first-order valence-electron chi connectivity index (χ1n) is 11.9. The Hall–Kier alpha value is -0.820. The molecule has 152 valence electrons. The van der Waals surface area contributed by atoms with E-state index in [1.165, 1.54) is 120 Å². The van der Waals surface area contributed by atoms with Gasteiger partial charge in [0, 0.05) is 4.88 Å². The second-order valence-electron chi connectivity index (χ2n) is 8.30. The van der Waals surface area contributed by atoms with E-state index in [0.29, 0.717) is 0 Å². The molecule has 1 aromatic carbocycles. The van der Waals surface area contributed by atoms with Crippen LogP contribution in [0, 0.1) is 0 Å². The summed E-state index contributed by atoms with van der Waals surface area (Å²) in [4.78, 5) is 1.59. The van der Waals surface area contributed by atoms with Gasteiger partial charge in [-0.1, -0.05) is 128 Å². The van der Waals surface area contributed by atoms with Crippen LogP contribution >= 0.6 is 11.3 Å². The van der Waals surface area contributed by atoms with E-state index in [1.54, 1.807) is 4.88 Å². The monoisotopic (exact) mass is 386 g/mol. The quantitative estimate of drug-likeness (QED) is 0.237. The number of hydrogen-bond donors (Lipinski definition) is 0. The van der Waals surface area contributed by atoms with Gasteiger partial charge in [0.15, 0.2) is 0 Å². The predicted octanol–water partition coefficient (Wildman–Crippen LogP) is 9.71. The summed E-state index contributed by atoms with van der Waals surface area (Å²) in [5, 5.41) is 5.23. The summed E-state index contributed by atoms with van der Waals surface area (Å²) >= 11 is 1.95. The van der Waals surface area contributed by atoms with E-state index in [2.05, 4.69) is 36.6 Å². The molecule has 0 aliphatic rings. The second kappa shape index (κ2) is 15.1. The predicted molar refractivity (Wildman–Crippen MR) is 125 cm³/mol. The lowest BCUT2D eigenvalue weighted by Gasteiger charge is -2.04. The fourth-order valence-electron chi connectivity index (χ4n) is 4.08. The Balaban J connectivity index is 1.33. The molecule has 0 bridgehead atoms. The number of fused-ring (bicyclic) bond motifs is 1. The molecule has 0 radical (unpaired) electrons. The van der Waals surface area contributed by atoms with Crippen LogP contribution in [-0.2, 0) is 6.42 Å². The van der Waals surface area contributed by atoms with Gasteiger partial charge in [0.1, 0.15) is 0 Å². The van der Waals surface area contributed by atoms with E-state index < -0.39 is 0 Å². The van der Waals surface area contributed by atoms with Crippen LogP contribution in [0.5, 0.6) is 0 Å². The fraction of sp³-hybridized carbons (Fsp3) is 0.692. The smallest absolute Gasteiger partial charge is 0.0124 e. The average molecular weight is 387 g/mol. The minimum atomic E-state index is 1.27. The Kier molecular flexibility index (Phi) is 12.6. The highest BCUT2D eigenvalue weighted by atomic mass is 32.1. The minimum absolute atomic E-state index is 1.27. The first kappa shape index (κ1) is 22.5. The molecule has 0 nitrogen and oxygen atoms in total. The maximum atomic E-state index is 2.32. The lowest BCUT2D eigenvalue weighted by molar-refractivity contribution is 0.530. The molecule has 27 heavy (non-hydrogen) atoms. The molecule has 0 amide bonds. The van der Waals surface area contributed by atoms with E-state index >= 15 is 0 Å². The first-order valence-corrected chi connectivity index (χ1v) is 12.7. The third-order valence-electron chi connectivity index (χ3n) is 5.85. The highest BCUT2D eigenvalue weighted by Crippen LogP contribution is 2.27. The summed E-state index contributed by atoms with van der Waals surface area (Å²) in [7, 11) is 0. The molecule has 2 rings (SSSR count). The van der Waals surface area contributed by atoms with Gasteiger partial charge in [-0.05, 0) is 29.0 Å². The van der Waals surface area contributed by atoms with Crippen molar-refractivity contribution in [2.75, 3.05) is 0 Å². The van der Waals surface area contributed by atoms with Gasteiger partial charge in [0.25, 0.3) is 0 Å². The second-order valence-corrected chi connectivity index (χ2v) is 9.26. The first-order chi connectivity index (χ1) is 13.4. The Morgan fingerprint density at radius 1 is 0.593 bits per heavy atom. The van der Waals surface area contributed by atoms with Gasteiger partial charge >= 0.3 is 0 Å². The van der Waals surface area contributed by atoms with Crippen molar-refractivity contribution in [1.29, 1.82) is 0 Å². The average Bonchev–Trinajstić information content (AvgIpc) is 3.11. The highest BCUT2D eigenvalue weighted by molar-refractivity contribution is 7.11. The normalized spacial score (nSPS) is 11.4. The van der Waals surface area contributed by atoms with Crippen molar-refractivity contribution in [3.63, 3.8) is 0 Å². The highest BCUT2D eigenvalue weighted by Gasteiger charge is 2.03. The largest absolute Gasteiger partial charge is 0.148 e. The molecule has 1 heteroatoms. The number of thiophene rings is 1. The van der Waals surface area contributed by atoms with Crippen molar-refractivity contribution in [3.8, 4) is 0 Å². The molecule has 1 aromatic heterocycles. The third-order valence-corrected chi connectivity index (χ3v) is 6.93. The fourth-order valence-corrected chi connectivity index (χ4v) is 5.13. The van der Waals surface area contributed by atoms with Crippen molar-refractivity contribution in [1.82, 2.24) is 0 Å². The van der Waals surface area contributed by atoms with Crippen LogP contribution in [0.1, 0.15) is 115 Å². The van der Waals surface area contributed by atoms with Gasteiger partial charge < -0.3 is 0 Å². The Morgan fingerprint density at radius 3 is 1.63 bits per heavy atom. The molecule has 0 saturated heterocycles. The van der Waals surface area contributed by atoms with Gasteiger partial charge in [0.2, 0.25) is 0 Å². The zero-order chi connectivity index (χ0) is 19.0. The lowest BCUT2D eigenvalue weighted by Crippen LogP contribution is -1.85. The maximum absolute atomic E-state index is 2.32. The Bertz CT molecular complexity index is 583. The van der Waals surface area contributed by atoms with Crippen LogP contribution in [0.3, 0.4) is 0 Å². The van der Waals surface area contributed by atoms with Crippen molar-refractivity contribution in [2.24, 2.45) is 0 Å². The SMILES string of the molecule is CCCCCCCCCCCCCCCCCCc1scc2ccccc12. The number of unbranched alkanes of at least 4 members (excludes halogenated alkanes) is 15. The van der Waals surface area contributed by atoms with Crippen LogP contribution in [0.25, 0.3) is 10.8 Å². The van der Waals surface area contributed by atoms with E-state index in [9.17, 15) is 0 Å². The van der Waals surface area contributed by atoms with Crippen molar-refractivity contribution in [3.05, 3.63) is 34.5 Å². The Morgan fingerprint density at radius 2 is 1.07 bits per heavy atom. The van der Waals surface area contributed by atoms with Gasteiger partial charge in [-0.25, -0.2) is 0 Å². The third kappa shape index (κ3) is 9.79. The molecule has 0 spiro atoms. The number of benzene rings is 1. The van der Waals surface area contributed by atoms with Crippen LogP contribution < -0.4 is 0 Å². The number of aryl methyl sites for hydroxylation is 1. The number of hydrogen-bond acceptors (Lipinski definition) is 1. The molecule has 0 unspecified atom stereocenters. The molecular weight excluding hydrogens is 344 g/mol. The zero-order valence-corrected chi connectivity index (χ0v) is 18.6. The molecule has 0 N–H and O–H groups in total. The van der Waals surface area contributed by atoms with Crippen LogP contribution in [0.4, 0.5) is 0 Å². The van der Waals surface area contributed by atoms with Crippen molar-refractivity contribution < 1.29 is 0 Å². The number of rotatable bonds is 17. The molecule has 2 aromatic rings. The molecule has 0 aliphatic heterocycles. The summed E-state index contributed by atoms with van der Waals surface area (Å²) in [5.41, 5.74) is 0. The molecule has 0 saturated carbocycles. The summed E-state index contributed by atoms with van der Waals surface area (Å²) in [6.45, 7) is 2.30. The summed E-state index contributed by atoms with van der Waals surface area (Å²) in [6.07, 6.45) is 24.4. The van der Waals surface area contributed by atoms with Gasteiger partial charge in [-0.2, -0.15) is 0 Å². The van der Waals surface area contributed by atoms with Crippen LogP contribution in [-0.4, -0.2) is 0 Å². The van der Waals surface area contributed by atoms with Crippen molar-refractivity contribution in [2.45, 2.75) is 116 Å². The lowest BCUT2D eigenvalue weighted by atomic mass is 10.0. The van der Waals surface area contributed by atoms with Gasteiger partial charge in [-0.3, -0.25) is 0 Å². The summed E-state index contributed by atoms with van der Waals surface area (Å²) < 4.78 is 0. The molecule has 0 atom stereocenters. The van der Waals surface area contributed by atoms with Crippen molar-refractivity contribution >= 4 is 22.1 Å². The Labute approximate surface area is 172 Å². The van der Waals surface area contributed by atoms with E-state index in [-0.39, 0.29) is 0 Å². The molecule has 0 aliphatic carbocycles.